The van der Waals surface area contributed by atoms with Crippen molar-refractivity contribution in [2.45, 2.75) is 58.3 Å². The van der Waals surface area contributed by atoms with Crippen LogP contribution in [0.25, 0.3) is 0 Å². The molecule has 0 bridgehead atoms. The summed E-state index contributed by atoms with van der Waals surface area (Å²) in [6, 6.07) is 2.09. The maximum Gasteiger partial charge on any atom is 0.0547 e. The van der Waals surface area contributed by atoms with Crippen LogP contribution in [0.5, 0.6) is 0 Å². The molecule has 1 aromatic rings. The highest BCUT2D eigenvalue weighted by Crippen LogP contribution is 2.13. The Morgan fingerprint density at radius 3 is 2.21 bits per heavy atom. The van der Waals surface area contributed by atoms with Crippen LogP contribution in [0.4, 0.5) is 11.4 Å². The van der Waals surface area contributed by atoms with Gasteiger partial charge in [-0.15, -0.1) is 0 Å². The van der Waals surface area contributed by atoms with Crippen molar-refractivity contribution in [1.29, 1.82) is 0 Å². The number of nitrogens with zero attached hydrogens (tertiary/aromatic N) is 1. The predicted octanol–water partition coefficient (Wildman–Crippen LogP) is 4.68. The van der Waals surface area contributed by atoms with E-state index in [0.717, 1.165) is 17.9 Å². The Kier molecular flexibility index (Phi) is 8.86. The van der Waals surface area contributed by atoms with Gasteiger partial charge in [0.1, 0.15) is 0 Å². The van der Waals surface area contributed by atoms with Crippen molar-refractivity contribution in [2.75, 3.05) is 24.2 Å². The van der Waals surface area contributed by atoms with E-state index in [2.05, 4.69) is 28.6 Å². The molecule has 1 heterocycles. The Morgan fingerprint density at radius 1 is 0.895 bits per heavy atom. The van der Waals surface area contributed by atoms with Crippen LogP contribution in [-0.4, -0.2) is 18.6 Å². The molecule has 0 atom stereocenters. The van der Waals surface area contributed by atoms with Gasteiger partial charge in [-0.25, -0.2) is 0 Å². The van der Waals surface area contributed by atoms with Crippen LogP contribution in [0.2, 0.25) is 0 Å². The van der Waals surface area contributed by atoms with Gasteiger partial charge in [0.05, 0.1) is 23.8 Å². The lowest BCUT2D eigenvalue weighted by Crippen LogP contribution is -2.02. The van der Waals surface area contributed by atoms with Crippen molar-refractivity contribution in [2.24, 2.45) is 0 Å². The summed E-state index contributed by atoms with van der Waals surface area (Å²) in [7, 11) is 1.92. The normalized spacial score (nSPS) is 10.4. The van der Waals surface area contributed by atoms with Crippen molar-refractivity contribution in [3.63, 3.8) is 0 Å². The van der Waals surface area contributed by atoms with Gasteiger partial charge in [0.15, 0.2) is 0 Å². The zero-order valence-corrected chi connectivity index (χ0v) is 12.5. The third kappa shape index (κ3) is 7.70. The first-order chi connectivity index (χ1) is 9.36. The molecule has 3 nitrogen and oxygen atoms in total. The molecular formula is C16H29N3. The third-order valence-corrected chi connectivity index (χ3v) is 3.39. The molecule has 0 fully saturated rings. The van der Waals surface area contributed by atoms with Crippen molar-refractivity contribution in [3.8, 4) is 0 Å². The molecule has 0 radical (unpaired) electrons. The van der Waals surface area contributed by atoms with Gasteiger partial charge in [-0.1, -0.05) is 51.9 Å². The van der Waals surface area contributed by atoms with Crippen LogP contribution in [0.3, 0.4) is 0 Å². The summed E-state index contributed by atoms with van der Waals surface area (Å²) in [6.45, 7) is 3.31. The number of rotatable bonds is 11. The first kappa shape index (κ1) is 15.8. The van der Waals surface area contributed by atoms with Gasteiger partial charge >= 0.3 is 0 Å². The SMILES string of the molecule is CCCCCCCCCCNc1cncc(NC)c1. The average Bonchev–Trinajstić information content (AvgIpc) is 2.46. The number of anilines is 2. The molecule has 0 saturated heterocycles. The minimum absolute atomic E-state index is 1.05. The lowest BCUT2D eigenvalue weighted by atomic mass is 10.1. The summed E-state index contributed by atoms with van der Waals surface area (Å²) in [4.78, 5) is 4.19. The Balaban J connectivity index is 1.98. The summed E-state index contributed by atoms with van der Waals surface area (Å²) in [5, 5.41) is 6.53. The van der Waals surface area contributed by atoms with Crippen LogP contribution >= 0.6 is 0 Å². The Hall–Kier alpha value is -1.25. The summed E-state index contributed by atoms with van der Waals surface area (Å²) >= 11 is 0. The molecular weight excluding hydrogens is 234 g/mol. The first-order valence-electron chi connectivity index (χ1n) is 7.73. The Morgan fingerprint density at radius 2 is 1.53 bits per heavy atom. The van der Waals surface area contributed by atoms with Crippen LogP contribution in [0, 0.1) is 0 Å². The lowest BCUT2D eigenvalue weighted by Gasteiger charge is -2.07. The van der Waals surface area contributed by atoms with Crippen molar-refractivity contribution in [3.05, 3.63) is 18.5 Å². The predicted molar refractivity (Wildman–Crippen MR) is 84.9 cm³/mol. The summed E-state index contributed by atoms with van der Waals surface area (Å²) < 4.78 is 0. The molecule has 1 rings (SSSR count). The fourth-order valence-electron chi connectivity index (χ4n) is 2.16. The largest absolute Gasteiger partial charge is 0.387 e. The maximum absolute atomic E-state index is 4.19. The second-order valence-electron chi connectivity index (χ2n) is 5.11. The second kappa shape index (κ2) is 10.7. The van der Waals surface area contributed by atoms with E-state index in [1.54, 1.807) is 0 Å². The smallest absolute Gasteiger partial charge is 0.0547 e. The topological polar surface area (TPSA) is 37.0 Å². The van der Waals surface area contributed by atoms with Gasteiger partial charge in [-0.05, 0) is 12.5 Å². The minimum atomic E-state index is 1.05. The van der Waals surface area contributed by atoms with E-state index in [1.165, 1.54) is 51.4 Å². The summed E-state index contributed by atoms with van der Waals surface area (Å²) in [5.74, 6) is 0. The lowest BCUT2D eigenvalue weighted by molar-refractivity contribution is 0.581. The third-order valence-electron chi connectivity index (χ3n) is 3.39. The highest BCUT2D eigenvalue weighted by molar-refractivity contribution is 5.53. The standard InChI is InChI=1S/C16H29N3/c1-3-4-5-6-7-8-9-10-11-19-16-12-15(17-2)13-18-14-16/h12-14,17,19H,3-11H2,1-2H3. The Bertz CT molecular complexity index is 326. The molecule has 0 amide bonds. The summed E-state index contributed by atoms with van der Waals surface area (Å²) in [5.41, 5.74) is 2.16. The molecule has 0 aliphatic carbocycles. The molecule has 0 saturated carbocycles. The number of unbranched alkanes of at least 4 members (excludes halogenated alkanes) is 7. The average molecular weight is 263 g/mol. The summed E-state index contributed by atoms with van der Waals surface area (Å²) in [6.07, 6.45) is 14.6. The fourth-order valence-corrected chi connectivity index (χ4v) is 2.16. The van der Waals surface area contributed by atoms with Gasteiger partial charge in [0, 0.05) is 13.6 Å². The molecule has 0 aliphatic heterocycles. The molecule has 2 N–H and O–H groups in total. The molecule has 108 valence electrons. The van der Waals surface area contributed by atoms with Gasteiger partial charge < -0.3 is 10.6 Å². The molecule has 0 unspecified atom stereocenters. The Labute approximate surface area is 118 Å². The molecule has 0 aromatic carbocycles. The zero-order chi connectivity index (χ0) is 13.8. The molecule has 19 heavy (non-hydrogen) atoms. The van der Waals surface area contributed by atoms with E-state index < -0.39 is 0 Å². The van der Waals surface area contributed by atoms with Gasteiger partial charge in [0.25, 0.3) is 0 Å². The van der Waals surface area contributed by atoms with Crippen molar-refractivity contribution >= 4 is 11.4 Å². The number of nitrogens with one attached hydrogen (secondary N) is 2. The highest BCUT2D eigenvalue weighted by atomic mass is 14.9. The second-order valence-corrected chi connectivity index (χ2v) is 5.11. The van der Waals surface area contributed by atoms with Crippen LogP contribution in [-0.2, 0) is 0 Å². The molecule has 1 aromatic heterocycles. The van der Waals surface area contributed by atoms with Crippen LogP contribution < -0.4 is 10.6 Å². The van der Waals surface area contributed by atoms with E-state index in [9.17, 15) is 0 Å². The number of hydrogen-bond donors (Lipinski definition) is 2. The van der Waals surface area contributed by atoms with E-state index in [4.69, 9.17) is 0 Å². The number of pyridine rings is 1. The zero-order valence-electron chi connectivity index (χ0n) is 12.5. The number of hydrogen-bond acceptors (Lipinski definition) is 3. The van der Waals surface area contributed by atoms with E-state index in [-0.39, 0.29) is 0 Å². The van der Waals surface area contributed by atoms with E-state index >= 15 is 0 Å². The van der Waals surface area contributed by atoms with Gasteiger partial charge in [0.2, 0.25) is 0 Å². The monoisotopic (exact) mass is 263 g/mol. The maximum atomic E-state index is 4.19. The fraction of sp³-hybridized carbons (Fsp3) is 0.688. The van der Waals surface area contributed by atoms with Gasteiger partial charge in [-0.2, -0.15) is 0 Å². The van der Waals surface area contributed by atoms with Gasteiger partial charge in [-0.3, -0.25) is 4.98 Å². The van der Waals surface area contributed by atoms with E-state index in [1.807, 2.05) is 19.4 Å². The van der Waals surface area contributed by atoms with Crippen molar-refractivity contribution in [1.82, 2.24) is 4.98 Å². The molecule has 0 aliphatic rings. The number of aromatic nitrogens is 1. The molecule has 0 spiro atoms. The van der Waals surface area contributed by atoms with Crippen LogP contribution in [0.15, 0.2) is 18.5 Å². The quantitative estimate of drug-likeness (QED) is 0.569. The molecule has 3 heteroatoms. The van der Waals surface area contributed by atoms with E-state index in [0.29, 0.717) is 0 Å². The highest BCUT2D eigenvalue weighted by Gasteiger charge is 1.95. The first-order valence-corrected chi connectivity index (χ1v) is 7.73. The van der Waals surface area contributed by atoms with Crippen LogP contribution in [0.1, 0.15) is 58.3 Å². The van der Waals surface area contributed by atoms with Crippen molar-refractivity contribution < 1.29 is 0 Å². The minimum Gasteiger partial charge on any atom is -0.387 e.